The number of hydrogen-bond donors (Lipinski definition) is 0. The molecule has 24 heavy (non-hydrogen) atoms. The molecule has 2 aromatic carbocycles. The van der Waals surface area contributed by atoms with Gasteiger partial charge < -0.3 is 9.64 Å². The van der Waals surface area contributed by atoms with Gasteiger partial charge in [0.25, 0.3) is 0 Å². The molecule has 0 saturated carbocycles. The van der Waals surface area contributed by atoms with Crippen molar-refractivity contribution in [1.29, 1.82) is 0 Å². The van der Waals surface area contributed by atoms with Gasteiger partial charge >= 0.3 is 6.09 Å². The van der Waals surface area contributed by atoms with Gasteiger partial charge in [0.05, 0.1) is 5.69 Å². The Morgan fingerprint density at radius 3 is 2.71 bits per heavy atom. The largest absolute Gasteiger partial charge is 0.444 e. The zero-order valence-electron chi connectivity index (χ0n) is 14.5. The van der Waals surface area contributed by atoms with Crippen LogP contribution in [0.1, 0.15) is 12.0 Å². The van der Waals surface area contributed by atoms with Crippen LogP contribution in [0, 0.1) is 6.92 Å². The minimum absolute atomic E-state index is 0.0175. The van der Waals surface area contributed by atoms with Crippen LogP contribution in [0.5, 0.6) is 0 Å². The van der Waals surface area contributed by atoms with Gasteiger partial charge in [-0.25, -0.2) is 4.79 Å². The van der Waals surface area contributed by atoms with Crippen molar-refractivity contribution >= 4 is 11.8 Å². The predicted octanol–water partition coefficient (Wildman–Crippen LogP) is 3.94. The van der Waals surface area contributed by atoms with E-state index >= 15 is 0 Å². The first kappa shape index (κ1) is 16.5. The molecule has 0 spiro atoms. The Bertz CT molecular complexity index is 729. The molecule has 1 heterocycles. The second-order valence-electron chi connectivity index (χ2n) is 6.50. The first-order chi connectivity index (χ1) is 11.5. The fourth-order valence-corrected chi connectivity index (χ4v) is 3.13. The van der Waals surface area contributed by atoms with E-state index in [4.69, 9.17) is 4.74 Å². The molecule has 1 saturated heterocycles. The van der Waals surface area contributed by atoms with Crippen LogP contribution in [0.4, 0.5) is 10.5 Å². The molecule has 1 amide bonds. The van der Waals surface area contributed by atoms with E-state index in [0.717, 1.165) is 36.3 Å². The second kappa shape index (κ2) is 7.05. The van der Waals surface area contributed by atoms with E-state index < -0.39 is 0 Å². The Kier molecular flexibility index (Phi) is 4.86. The highest BCUT2D eigenvalue weighted by molar-refractivity contribution is 5.93. The number of carbonyl (C=O) groups excluding carboxylic acids is 1. The van der Waals surface area contributed by atoms with E-state index in [0.29, 0.717) is 0 Å². The summed E-state index contributed by atoms with van der Waals surface area (Å²) >= 11 is 0. The number of carbonyl (C=O) groups is 1. The Balaban J connectivity index is 1.82. The van der Waals surface area contributed by atoms with Gasteiger partial charge in [-0.1, -0.05) is 48.0 Å². The van der Waals surface area contributed by atoms with E-state index in [-0.39, 0.29) is 12.2 Å². The van der Waals surface area contributed by atoms with Crippen molar-refractivity contribution in [3.05, 3.63) is 54.1 Å². The average molecular weight is 324 g/mol. The van der Waals surface area contributed by atoms with Gasteiger partial charge in [0.15, 0.2) is 0 Å². The van der Waals surface area contributed by atoms with Crippen LogP contribution in [0.15, 0.2) is 48.5 Å². The highest BCUT2D eigenvalue weighted by Gasteiger charge is 2.25. The fraction of sp³-hybridized carbons (Fsp3) is 0.350. The minimum atomic E-state index is -0.296. The standard InChI is InChI=1S/C20H24N2O2/c1-15-7-6-8-16(13-15)18-9-4-5-10-19(18)22(3)20(23)24-17-11-12-21(2)14-17/h4-10,13,17H,11-12,14H2,1-3H3/t17-/m1/s1. The van der Waals surface area contributed by atoms with E-state index in [1.54, 1.807) is 11.9 Å². The van der Waals surface area contributed by atoms with Crippen LogP contribution < -0.4 is 4.90 Å². The van der Waals surface area contributed by atoms with Crippen molar-refractivity contribution < 1.29 is 9.53 Å². The van der Waals surface area contributed by atoms with Crippen LogP contribution in [0.3, 0.4) is 0 Å². The summed E-state index contributed by atoms with van der Waals surface area (Å²) in [5.41, 5.74) is 4.19. The summed E-state index contributed by atoms with van der Waals surface area (Å²) < 4.78 is 5.66. The molecule has 1 fully saturated rings. The van der Waals surface area contributed by atoms with Crippen LogP contribution in [-0.2, 0) is 4.74 Å². The maximum Gasteiger partial charge on any atom is 0.414 e. The molecular weight excluding hydrogens is 300 g/mol. The lowest BCUT2D eigenvalue weighted by Gasteiger charge is -2.22. The SMILES string of the molecule is Cc1cccc(-c2ccccc2N(C)C(=O)O[C@@H]2CCN(C)C2)c1. The maximum atomic E-state index is 12.5. The Labute approximate surface area is 143 Å². The zero-order chi connectivity index (χ0) is 17.1. The molecule has 1 aliphatic rings. The van der Waals surface area contributed by atoms with Crippen LogP contribution in [0.2, 0.25) is 0 Å². The number of rotatable bonds is 3. The Morgan fingerprint density at radius 1 is 1.21 bits per heavy atom. The highest BCUT2D eigenvalue weighted by Crippen LogP contribution is 2.31. The third-order valence-electron chi connectivity index (χ3n) is 4.48. The van der Waals surface area contributed by atoms with Crippen LogP contribution in [0.25, 0.3) is 11.1 Å². The van der Waals surface area contributed by atoms with Gasteiger partial charge in [-0.15, -0.1) is 0 Å². The van der Waals surface area contributed by atoms with Gasteiger partial charge in [0.2, 0.25) is 0 Å². The third kappa shape index (κ3) is 3.60. The molecule has 3 rings (SSSR count). The van der Waals surface area contributed by atoms with Crippen LogP contribution in [-0.4, -0.2) is 44.3 Å². The molecule has 2 aromatic rings. The quantitative estimate of drug-likeness (QED) is 0.857. The van der Waals surface area contributed by atoms with E-state index in [1.165, 1.54) is 5.56 Å². The van der Waals surface area contributed by atoms with Crippen molar-refractivity contribution in [2.75, 3.05) is 32.1 Å². The number of para-hydroxylation sites is 1. The Hall–Kier alpha value is -2.33. The summed E-state index contributed by atoms with van der Waals surface area (Å²) in [6, 6.07) is 16.2. The lowest BCUT2D eigenvalue weighted by molar-refractivity contribution is 0.110. The van der Waals surface area contributed by atoms with E-state index in [1.807, 2.05) is 37.4 Å². The molecule has 1 atom stereocenters. The smallest absolute Gasteiger partial charge is 0.414 e. The molecule has 126 valence electrons. The summed E-state index contributed by atoms with van der Waals surface area (Å²) in [6.07, 6.45) is 0.585. The molecule has 0 unspecified atom stereocenters. The monoisotopic (exact) mass is 324 g/mol. The summed E-state index contributed by atoms with van der Waals surface area (Å²) in [5, 5.41) is 0. The summed E-state index contributed by atoms with van der Waals surface area (Å²) in [5.74, 6) is 0. The highest BCUT2D eigenvalue weighted by atomic mass is 16.6. The van der Waals surface area contributed by atoms with Crippen LogP contribution >= 0.6 is 0 Å². The topological polar surface area (TPSA) is 32.8 Å². The molecule has 0 aliphatic carbocycles. The zero-order valence-corrected chi connectivity index (χ0v) is 14.5. The fourth-order valence-electron chi connectivity index (χ4n) is 3.13. The number of nitrogens with zero attached hydrogens (tertiary/aromatic N) is 2. The van der Waals surface area contributed by atoms with Gasteiger partial charge in [-0.3, -0.25) is 4.90 Å². The van der Waals surface area contributed by atoms with Gasteiger partial charge in [0, 0.05) is 25.7 Å². The molecule has 0 aromatic heterocycles. The van der Waals surface area contributed by atoms with Gasteiger partial charge in [-0.05, 0) is 32.0 Å². The van der Waals surface area contributed by atoms with E-state index in [2.05, 4.69) is 30.0 Å². The number of aryl methyl sites for hydroxylation is 1. The number of anilines is 1. The molecule has 4 heteroatoms. The number of benzene rings is 2. The number of likely N-dealkylation sites (tertiary alicyclic amines) is 1. The van der Waals surface area contributed by atoms with Gasteiger partial charge in [0.1, 0.15) is 6.10 Å². The summed E-state index contributed by atoms with van der Waals surface area (Å²) in [4.78, 5) is 16.3. The molecule has 0 bridgehead atoms. The molecule has 1 aliphatic heterocycles. The van der Waals surface area contributed by atoms with Crippen molar-refractivity contribution in [3.8, 4) is 11.1 Å². The number of amides is 1. The Morgan fingerprint density at radius 2 is 2.00 bits per heavy atom. The van der Waals surface area contributed by atoms with Gasteiger partial charge in [-0.2, -0.15) is 0 Å². The molecular formula is C20H24N2O2. The summed E-state index contributed by atoms with van der Waals surface area (Å²) in [6.45, 7) is 3.85. The second-order valence-corrected chi connectivity index (χ2v) is 6.50. The maximum absolute atomic E-state index is 12.5. The minimum Gasteiger partial charge on any atom is -0.444 e. The van der Waals surface area contributed by atoms with E-state index in [9.17, 15) is 4.79 Å². The summed E-state index contributed by atoms with van der Waals surface area (Å²) in [7, 11) is 3.82. The van der Waals surface area contributed by atoms with Crippen molar-refractivity contribution in [1.82, 2.24) is 4.90 Å². The molecule has 0 radical (unpaired) electrons. The molecule has 0 N–H and O–H groups in total. The number of hydrogen-bond acceptors (Lipinski definition) is 3. The number of ether oxygens (including phenoxy) is 1. The van der Waals surface area contributed by atoms with Crippen molar-refractivity contribution in [3.63, 3.8) is 0 Å². The molecule has 4 nitrogen and oxygen atoms in total. The first-order valence-corrected chi connectivity index (χ1v) is 8.33. The first-order valence-electron chi connectivity index (χ1n) is 8.33. The predicted molar refractivity (Wildman–Crippen MR) is 97.4 cm³/mol. The third-order valence-corrected chi connectivity index (χ3v) is 4.48. The normalized spacial score (nSPS) is 17.7. The van der Waals surface area contributed by atoms with Crippen molar-refractivity contribution in [2.45, 2.75) is 19.4 Å². The average Bonchev–Trinajstić information content (AvgIpc) is 2.99. The van der Waals surface area contributed by atoms with Crippen molar-refractivity contribution in [2.24, 2.45) is 0 Å². The number of likely N-dealkylation sites (N-methyl/N-ethyl adjacent to an activating group) is 1. The lowest BCUT2D eigenvalue weighted by Crippen LogP contribution is -2.32. The lowest BCUT2D eigenvalue weighted by atomic mass is 10.0.